The van der Waals surface area contributed by atoms with Gasteiger partial charge in [-0.05, 0) is 55.9 Å². The summed E-state index contributed by atoms with van der Waals surface area (Å²) in [4.78, 5) is 0. The van der Waals surface area contributed by atoms with Gasteiger partial charge < -0.3 is 4.74 Å². The number of hydrogen-bond acceptors (Lipinski definition) is 3. The molecular formula is C22H38O4S. The van der Waals surface area contributed by atoms with Crippen LogP contribution in [0.3, 0.4) is 0 Å². The molecule has 1 N–H and O–H groups in total. The molecule has 1 unspecified atom stereocenters. The van der Waals surface area contributed by atoms with Crippen LogP contribution in [0, 0.1) is 0 Å². The number of benzene rings is 1. The average Bonchev–Trinajstić information content (AvgIpc) is 2.62. The second-order valence-corrected chi connectivity index (χ2v) is 9.35. The largest absolute Gasteiger partial charge is 0.494 e. The van der Waals surface area contributed by atoms with Crippen LogP contribution in [0.15, 0.2) is 18.2 Å². The fraction of sp³-hybridized carbons (Fsp3) is 0.727. The zero-order valence-corrected chi connectivity index (χ0v) is 18.2. The molecule has 0 bridgehead atoms. The highest BCUT2D eigenvalue weighted by Crippen LogP contribution is 2.23. The zero-order chi connectivity index (χ0) is 20.1. The highest BCUT2D eigenvalue weighted by molar-refractivity contribution is 7.86. The summed E-state index contributed by atoms with van der Waals surface area (Å²) >= 11 is 0. The van der Waals surface area contributed by atoms with Gasteiger partial charge >= 0.3 is 0 Å². The second kappa shape index (κ2) is 13.2. The predicted molar refractivity (Wildman–Crippen MR) is 113 cm³/mol. The molecule has 1 aromatic rings. The van der Waals surface area contributed by atoms with Gasteiger partial charge in [-0.15, -0.1) is 0 Å². The van der Waals surface area contributed by atoms with Crippen molar-refractivity contribution in [3.05, 3.63) is 29.3 Å². The van der Waals surface area contributed by atoms with Crippen LogP contribution in [-0.4, -0.2) is 24.8 Å². The van der Waals surface area contributed by atoms with Gasteiger partial charge in [-0.25, -0.2) is 0 Å². The summed E-state index contributed by atoms with van der Waals surface area (Å²) < 4.78 is 37.0. The highest BCUT2D eigenvalue weighted by Gasteiger charge is 2.17. The molecule has 0 aliphatic rings. The monoisotopic (exact) mass is 398 g/mol. The van der Waals surface area contributed by atoms with E-state index in [1.54, 1.807) is 0 Å². The van der Waals surface area contributed by atoms with Gasteiger partial charge in [0.1, 0.15) is 5.75 Å². The number of aryl methyl sites for hydroxylation is 2. The third kappa shape index (κ3) is 10.2. The molecule has 0 amide bonds. The first-order valence-corrected chi connectivity index (χ1v) is 12.1. The molecule has 0 spiro atoms. The molecule has 0 aliphatic heterocycles. The molecule has 27 heavy (non-hydrogen) atoms. The lowest BCUT2D eigenvalue weighted by atomic mass is 9.96. The Labute approximate surface area is 166 Å². The first-order valence-electron chi connectivity index (χ1n) is 10.6. The molecule has 0 radical (unpaired) electrons. The van der Waals surface area contributed by atoms with Crippen LogP contribution in [0.5, 0.6) is 5.75 Å². The third-order valence-electron chi connectivity index (χ3n) is 5.08. The lowest BCUT2D eigenvalue weighted by Gasteiger charge is -2.14. The molecule has 1 atom stereocenters. The molecule has 0 fully saturated rings. The van der Waals surface area contributed by atoms with Crippen molar-refractivity contribution in [2.75, 3.05) is 6.61 Å². The Morgan fingerprint density at radius 3 is 2.07 bits per heavy atom. The van der Waals surface area contributed by atoms with Crippen LogP contribution >= 0.6 is 0 Å². The summed E-state index contributed by atoms with van der Waals surface area (Å²) in [7, 11) is -3.98. The number of ether oxygens (including phenoxy) is 1. The number of rotatable bonds is 15. The van der Waals surface area contributed by atoms with E-state index < -0.39 is 15.4 Å². The maximum absolute atomic E-state index is 11.1. The Kier molecular flexibility index (Phi) is 11.7. The van der Waals surface area contributed by atoms with Crippen molar-refractivity contribution in [1.82, 2.24) is 0 Å². The summed E-state index contributed by atoms with van der Waals surface area (Å²) in [6.07, 6.45) is 12.5. The Morgan fingerprint density at radius 2 is 1.52 bits per heavy atom. The van der Waals surface area contributed by atoms with Crippen LogP contribution in [0.25, 0.3) is 0 Å². The fourth-order valence-electron chi connectivity index (χ4n) is 3.14. The van der Waals surface area contributed by atoms with Crippen molar-refractivity contribution in [2.24, 2.45) is 0 Å². The molecule has 0 saturated carbocycles. The minimum atomic E-state index is -3.98. The Bertz CT molecular complexity index is 625. The Morgan fingerprint density at radius 1 is 0.926 bits per heavy atom. The topological polar surface area (TPSA) is 63.6 Å². The van der Waals surface area contributed by atoms with Crippen molar-refractivity contribution in [1.29, 1.82) is 0 Å². The van der Waals surface area contributed by atoms with Crippen molar-refractivity contribution in [3.63, 3.8) is 0 Å². The van der Waals surface area contributed by atoms with Gasteiger partial charge in [0.15, 0.2) is 0 Å². The predicted octanol–water partition coefficient (Wildman–Crippen LogP) is 5.98. The van der Waals surface area contributed by atoms with E-state index in [9.17, 15) is 8.42 Å². The standard InChI is InChI=1S/C22H38O4S/c1-4-6-8-10-12-20-14-15-22(18-21(20)13-11-9-7-5-2)26-17-16-19(3)27(23,24)25/h14-15,18-19H,4-13,16-17H2,1-3H3,(H,23,24,25). The van der Waals surface area contributed by atoms with Gasteiger partial charge in [0.05, 0.1) is 11.9 Å². The summed E-state index contributed by atoms with van der Waals surface area (Å²) in [6, 6.07) is 6.28. The maximum Gasteiger partial charge on any atom is 0.267 e. The van der Waals surface area contributed by atoms with E-state index in [0.29, 0.717) is 0 Å². The summed E-state index contributed by atoms with van der Waals surface area (Å²) in [5, 5.41) is -0.802. The van der Waals surface area contributed by atoms with Gasteiger partial charge in [-0.1, -0.05) is 58.4 Å². The van der Waals surface area contributed by atoms with Crippen molar-refractivity contribution >= 4 is 10.1 Å². The van der Waals surface area contributed by atoms with Crippen LogP contribution in [-0.2, 0) is 23.0 Å². The van der Waals surface area contributed by atoms with E-state index in [0.717, 1.165) is 18.6 Å². The van der Waals surface area contributed by atoms with E-state index in [-0.39, 0.29) is 13.0 Å². The van der Waals surface area contributed by atoms with Gasteiger partial charge in [-0.3, -0.25) is 4.55 Å². The third-order valence-corrected chi connectivity index (χ3v) is 6.33. The van der Waals surface area contributed by atoms with Crippen molar-refractivity contribution < 1.29 is 17.7 Å². The van der Waals surface area contributed by atoms with Crippen LogP contribution < -0.4 is 4.74 Å². The van der Waals surface area contributed by atoms with Crippen LogP contribution in [0.1, 0.15) is 89.7 Å². The summed E-state index contributed by atoms with van der Waals surface area (Å²) in [5.74, 6) is 0.792. The molecule has 156 valence electrons. The molecular weight excluding hydrogens is 360 g/mol. The molecule has 5 heteroatoms. The molecule has 0 aliphatic carbocycles. The molecule has 1 aromatic carbocycles. The van der Waals surface area contributed by atoms with Gasteiger partial charge in [0.2, 0.25) is 0 Å². The van der Waals surface area contributed by atoms with Gasteiger partial charge in [0, 0.05) is 6.42 Å². The molecule has 1 rings (SSSR count). The minimum absolute atomic E-state index is 0.281. The zero-order valence-electron chi connectivity index (χ0n) is 17.4. The van der Waals surface area contributed by atoms with E-state index in [2.05, 4.69) is 26.0 Å². The van der Waals surface area contributed by atoms with Crippen molar-refractivity contribution in [3.8, 4) is 5.75 Å². The van der Waals surface area contributed by atoms with Crippen LogP contribution in [0.2, 0.25) is 0 Å². The summed E-state index contributed by atoms with van der Waals surface area (Å²) in [5.41, 5.74) is 2.78. The number of unbranched alkanes of at least 4 members (excludes halogenated alkanes) is 6. The van der Waals surface area contributed by atoms with E-state index in [1.807, 2.05) is 6.07 Å². The maximum atomic E-state index is 11.1. The summed E-state index contributed by atoms with van der Waals surface area (Å²) in [6.45, 7) is 6.23. The first-order chi connectivity index (χ1) is 12.9. The normalized spacial score (nSPS) is 12.9. The lowest BCUT2D eigenvalue weighted by Crippen LogP contribution is -2.19. The molecule has 0 aromatic heterocycles. The van der Waals surface area contributed by atoms with E-state index in [1.165, 1.54) is 69.4 Å². The molecule has 0 saturated heterocycles. The number of hydrogen-bond donors (Lipinski definition) is 1. The van der Waals surface area contributed by atoms with E-state index >= 15 is 0 Å². The average molecular weight is 399 g/mol. The fourth-order valence-corrected chi connectivity index (χ4v) is 3.54. The molecule has 4 nitrogen and oxygen atoms in total. The van der Waals surface area contributed by atoms with E-state index in [4.69, 9.17) is 9.29 Å². The second-order valence-electron chi connectivity index (χ2n) is 7.51. The molecule has 0 heterocycles. The highest BCUT2D eigenvalue weighted by atomic mass is 32.2. The quantitative estimate of drug-likeness (QED) is 0.292. The van der Waals surface area contributed by atoms with Gasteiger partial charge in [0.25, 0.3) is 10.1 Å². The SMILES string of the molecule is CCCCCCc1ccc(OCCC(C)S(=O)(=O)O)cc1CCCCCC. The van der Waals surface area contributed by atoms with Crippen molar-refractivity contribution in [2.45, 2.75) is 96.7 Å². The minimum Gasteiger partial charge on any atom is -0.494 e. The Hall–Kier alpha value is -1.07. The Balaban J connectivity index is 2.66. The smallest absolute Gasteiger partial charge is 0.267 e. The van der Waals surface area contributed by atoms with Gasteiger partial charge in [-0.2, -0.15) is 8.42 Å². The van der Waals surface area contributed by atoms with Crippen LogP contribution in [0.4, 0.5) is 0 Å². The first kappa shape index (κ1) is 24.0. The lowest BCUT2D eigenvalue weighted by molar-refractivity contribution is 0.306.